The second-order valence-electron chi connectivity index (χ2n) is 5.96. The molecule has 0 radical (unpaired) electrons. The number of nitrogens with one attached hydrogen (secondary N) is 2. The number of thiophene rings is 1. The molecule has 1 aliphatic heterocycles. The minimum absolute atomic E-state index is 0. The molecule has 0 unspecified atom stereocenters. The van der Waals surface area contributed by atoms with Crippen LogP contribution in [0.4, 0.5) is 0 Å². The largest absolute Gasteiger partial charge is 0.383 e. The van der Waals surface area contributed by atoms with Gasteiger partial charge in [-0.1, -0.05) is 6.42 Å². The highest BCUT2D eigenvalue weighted by atomic mass is 35.5. The lowest BCUT2D eigenvalue weighted by molar-refractivity contribution is -0.120. The molecular weight excluding hydrogens is 398 g/mol. The van der Waals surface area contributed by atoms with Crippen LogP contribution in [0.2, 0.25) is 0 Å². The van der Waals surface area contributed by atoms with E-state index in [4.69, 9.17) is 4.74 Å². The number of piperidine rings is 1. The summed E-state index contributed by atoms with van der Waals surface area (Å²) in [4.78, 5) is 12.7. The zero-order chi connectivity index (χ0) is 18.1. The Balaban J connectivity index is 0.00000338. The van der Waals surface area contributed by atoms with E-state index in [0.717, 1.165) is 30.7 Å². The highest BCUT2D eigenvalue weighted by molar-refractivity contribution is 7.91. The second-order valence-corrected chi connectivity index (χ2v) is 9.29. The molecule has 0 saturated carbocycles. The highest BCUT2D eigenvalue weighted by Crippen LogP contribution is 2.27. The quantitative estimate of drug-likeness (QED) is 0.550. The van der Waals surface area contributed by atoms with Crippen molar-refractivity contribution >= 4 is 39.7 Å². The molecule has 2 rings (SSSR count). The van der Waals surface area contributed by atoms with Crippen LogP contribution in [0, 0.1) is 0 Å². The Morgan fingerprint density at radius 1 is 1.19 bits per heavy atom. The molecule has 1 aromatic rings. The standard InChI is InChI=1S/C16H27N3O4S2.ClH/c1-23-12-9-17-7-8-18-15(20)13-14-5-6-16(24-14)25(21,22)19-10-3-2-4-11-19;/h5-6,17H,2-4,7-13H2,1H3,(H,18,20);1H. The van der Waals surface area contributed by atoms with Crippen molar-refractivity contribution in [2.75, 3.05) is 46.4 Å². The smallest absolute Gasteiger partial charge is 0.252 e. The van der Waals surface area contributed by atoms with Gasteiger partial charge in [-0.05, 0) is 25.0 Å². The first-order chi connectivity index (χ1) is 12.0. The van der Waals surface area contributed by atoms with Gasteiger partial charge in [-0.3, -0.25) is 4.79 Å². The number of nitrogens with zero attached hydrogens (tertiary/aromatic N) is 1. The minimum atomic E-state index is -3.41. The van der Waals surface area contributed by atoms with Crippen LogP contribution in [-0.2, 0) is 26.0 Å². The van der Waals surface area contributed by atoms with Gasteiger partial charge in [0.25, 0.3) is 10.0 Å². The number of hydrogen-bond donors (Lipinski definition) is 2. The molecule has 1 fully saturated rings. The maximum atomic E-state index is 12.6. The topological polar surface area (TPSA) is 87.7 Å². The zero-order valence-electron chi connectivity index (χ0n) is 15.0. The second kappa shape index (κ2) is 11.9. The summed E-state index contributed by atoms with van der Waals surface area (Å²) in [6.45, 7) is 3.77. The van der Waals surface area contributed by atoms with E-state index in [1.54, 1.807) is 23.5 Å². The Hall–Kier alpha value is -0.710. The summed E-state index contributed by atoms with van der Waals surface area (Å²) in [5, 5.41) is 5.97. The minimum Gasteiger partial charge on any atom is -0.383 e. The Bertz CT molecular complexity index is 646. The van der Waals surface area contributed by atoms with Gasteiger partial charge in [0.1, 0.15) is 4.21 Å². The van der Waals surface area contributed by atoms with E-state index in [2.05, 4.69) is 10.6 Å². The van der Waals surface area contributed by atoms with Crippen LogP contribution in [0.15, 0.2) is 16.3 Å². The van der Waals surface area contributed by atoms with Crippen LogP contribution in [0.3, 0.4) is 0 Å². The first-order valence-electron chi connectivity index (χ1n) is 8.59. The van der Waals surface area contributed by atoms with Crippen LogP contribution < -0.4 is 10.6 Å². The number of ether oxygens (including phenoxy) is 1. The van der Waals surface area contributed by atoms with Gasteiger partial charge >= 0.3 is 0 Å². The molecule has 10 heteroatoms. The SMILES string of the molecule is COCCNCCNC(=O)Cc1ccc(S(=O)(=O)N2CCCCC2)s1.Cl. The molecule has 0 bridgehead atoms. The molecule has 7 nitrogen and oxygen atoms in total. The fraction of sp³-hybridized carbons (Fsp3) is 0.688. The Labute approximate surface area is 165 Å². The number of carbonyl (C=O) groups excluding carboxylic acids is 1. The van der Waals surface area contributed by atoms with E-state index in [1.165, 1.54) is 11.3 Å². The third kappa shape index (κ3) is 7.13. The lowest BCUT2D eigenvalue weighted by Crippen LogP contribution is -2.35. The molecule has 2 heterocycles. The normalized spacial score (nSPS) is 15.4. The van der Waals surface area contributed by atoms with Crippen molar-refractivity contribution in [2.45, 2.75) is 29.9 Å². The molecule has 26 heavy (non-hydrogen) atoms. The molecule has 0 spiro atoms. The number of carbonyl (C=O) groups is 1. The molecule has 1 amide bonds. The van der Waals surface area contributed by atoms with Crippen LogP contribution in [-0.4, -0.2) is 65.1 Å². The lowest BCUT2D eigenvalue weighted by atomic mass is 10.2. The summed E-state index contributed by atoms with van der Waals surface area (Å²) in [7, 11) is -1.77. The predicted octanol–water partition coefficient (Wildman–Crippen LogP) is 1.24. The molecule has 0 aromatic carbocycles. The number of hydrogen-bond acceptors (Lipinski definition) is 6. The van der Waals surface area contributed by atoms with Crippen LogP contribution >= 0.6 is 23.7 Å². The number of halogens is 1. The van der Waals surface area contributed by atoms with Crippen molar-refractivity contribution in [2.24, 2.45) is 0 Å². The van der Waals surface area contributed by atoms with Gasteiger partial charge in [-0.2, -0.15) is 4.31 Å². The number of methoxy groups -OCH3 is 1. The fourth-order valence-corrected chi connectivity index (χ4v) is 5.66. The summed E-state index contributed by atoms with van der Waals surface area (Å²) in [6, 6.07) is 3.35. The van der Waals surface area contributed by atoms with Crippen LogP contribution in [0.25, 0.3) is 0 Å². The number of sulfonamides is 1. The van der Waals surface area contributed by atoms with E-state index in [0.29, 0.717) is 37.0 Å². The summed E-state index contributed by atoms with van der Waals surface area (Å²) < 4.78 is 32.0. The highest BCUT2D eigenvalue weighted by Gasteiger charge is 2.27. The molecular formula is C16H28ClN3O4S2. The molecule has 2 N–H and O–H groups in total. The van der Waals surface area contributed by atoms with E-state index in [1.807, 2.05) is 0 Å². The van der Waals surface area contributed by atoms with Crippen molar-refractivity contribution in [1.82, 2.24) is 14.9 Å². The average Bonchev–Trinajstić information content (AvgIpc) is 3.08. The van der Waals surface area contributed by atoms with Crippen molar-refractivity contribution in [3.05, 3.63) is 17.0 Å². The van der Waals surface area contributed by atoms with Gasteiger partial charge < -0.3 is 15.4 Å². The van der Waals surface area contributed by atoms with Crippen LogP contribution in [0.5, 0.6) is 0 Å². The third-order valence-electron chi connectivity index (χ3n) is 3.99. The zero-order valence-corrected chi connectivity index (χ0v) is 17.5. The van der Waals surface area contributed by atoms with E-state index >= 15 is 0 Å². The van der Waals surface area contributed by atoms with E-state index < -0.39 is 10.0 Å². The molecule has 150 valence electrons. The fourth-order valence-electron chi connectivity index (χ4n) is 2.63. The van der Waals surface area contributed by atoms with Crippen molar-refractivity contribution in [3.8, 4) is 0 Å². The van der Waals surface area contributed by atoms with Gasteiger partial charge in [-0.15, -0.1) is 23.7 Å². The summed E-state index contributed by atoms with van der Waals surface area (Å²) >= 11 is 1.19. The summed E-state index contributed by atoms with van der Waals surface area (Å²) in [6.07, 6.45) is 3.12. The van der Waals surface area contributed by atoms with Crippen molar-refractivity contribution in [3.63, 3.8) is 0 Å². The van der Waals surface area contributed by atoms with E-state index in [9.17, 15) is 13.2 Å². The maximum absolute atomic E-state index is 12.6. The lowest BCUT2D eigenvalue weighted by Gasteiger charge is -2.25. The summed E-state index contributed by atoms with van der Waals surface area (Å²) in [5.74, 6) is -0.0997. The summed E-state index contributed by atoms with van der Waals surface area (Å²) in [5.41, 5.74) is 0. The molecule has 1 aliphatic rings. The third-order valence-corrected chi connectivity index (χ3v) is 7.44. The Kier molecular flexibility index (Phi) is 10.7. The van der Waals surface area contributed by atoms with Gasteiger partial charge in [-0.25, -0.2) is 8.42 Å². The van der Waals surface area contributed by atoms with E-state index in [-0.39, 0.29) is 24.7 Å². The Morgan fingerprint density at radius 3 is 2.62 bits per heavy atom. The van der Waals surface area contributed by atoms with Gasteiger partial charge in [0.15, 0.2) is 0 Å². The number of rotatable bonds is 10. The monoisotopic (exact) mass is 425 g/mol. The van der Waals surface area contributed by atoms with Crippen LogP contribution in [0.1, 0.15) is 24.1 Å². The predicted molar refractivity (Wildman–Crippen MR) is 106 cm³/mol. The average molecular weight is 426 g/mol. The maximum Gasteiger partial charge on any atom is 0.252 e. The van der Waals surface area contributed by atoms with Crippen molar-refractivity contribution < 1.29 is 17.9 Å². The Morgan fingerprint density at radius 2 is 1.92 bits per heavy atom. The molecule has 1 saturated heterocycles. The first kappa shape index (κ1) is 23.3. The molecule has 0 atom stereocenters. The first-order valence-corrected chi connectivity index (χ1v) is 10.8. The van der Waals surface area contributed by atoms with Gasteiger partial charge in [0.2, 0.25) is 5.91 Å². The van der Waals surface area contributed by atoms with Gasteiger partial charge in [0, 0.05) is 44.7 Å². The van der Waals surface area contributed by atoms with Gasteiger partial charge in [0.05, 0.1) is 13.0 Å². The molecule has 0 aliphatic carbocycles. The molecule has 1 aromatic heterocycles. The number of amides is 1. The van der Waals surface area contributed by atoms with Crippen molar-refractivity contribution in [1.29, 1.82) is 0 Å².